The van der Waals surface area contributed by atoms with Gasteiger partial charge in [0, 0.05) is 5.54 Å². The molecular weight excluding hydrogens is 258 g/mol. The van der Waals surface area contributed by atoms with Crippen molar-refractivity contribution < 1.29 is 4.39 Å². The molecule has 11 heavy (non-hydrogen) atoms. The molecule has 1 aromatic heterocycles. The van der Waals surface area contributed by atoms with Crippen molar-refractivity contribution >= 4 is 22.6 Å². The van der Waals surface area contributed by atoms with Gasteiger partial charge >= 0.3 is 0 Å². The lowest BCUT2D eigenvalue weighted by molar-refractivity contribution is 0.385. The molecule has 0 atom stereocenters. The van der Waals surface area contributed by atoms with Gasteiger partial charge in [-0.1, -0.05) is 0 Å². The second kappa shape index (κ2) is 2.73. The predicted octanol–water partition coefficient (Wildman–Crippen LogP) is 2.38. The minimum atomic E-state index is -0.388. The lowest BCUT2D eigenvalue weighted by atomic mass is 10.1. The van der Waals surface area contributed by atoms with Gasteiger partial charge in [-0.25, -0.2) is 4.98 Å². The Morgan fingerprint density at radius 3 is 2.27 bits per heavy atom. The molecule has 0 saturated heterocycles. The summed E-state index contributed by atoms with van der Waals surface area (Å²) < 4.78 is 15.1. The van der Waals surface area contributed by atoms with Crippen molar-refractivity contribution in [2.75, 3.05) is 0 Å². The average Bonchev–Trinajstić information content (AvgIpc) is 2.11. The smallest absolute Gasteiger partial charge is 0.244 e. The summed E-state index contributed by atoms with van der Waals surface area (Å²) in [6.45, 7) is 6.03. The van der Waals surface area contributed by atoms with Crippen molar-refractivity contribution in [1.29, 1.82) is 0 Å². The largest absolute Gasteiger partial charge is 0.318 e. The maximum absolute atomic E-state index is 12.7. The summed E-state index contributed by atoms with van der Waals surface area (Å²) in [5, 5.41) is 0. The summed E-state index contributed by atoms with van der Waals surface area (Å²) in [6, 6.07) is 0. The molecule has 1 aromatic rings. The number of imidazole rings is 1. The maximum Gasteiger partial charge on any atom is 0.244 e. The highest BCUT2D eigenvalue weighted by atomic mass is 127. The topological polar surface area (TPSA) is 17.8 Å². The Morgan fingerprint density at radius 1 is 1.55 bits per heavy atom. The van der Waals surface area contributed by atoms with Gasteiger partial charge in [0.15, 0.2) is 0 Å². The fourth-order valence-electron chi connectivity index (χ4n) is 0.779. The highest BCUT2D eigenvalue weighted by molar-refractivity contribution is 14.1. The van der Waals surface area contributed by atoms with Gasteiger partial charge in [-0.15, -0.1) is 0 Å². The van der Waals surface area contributed by atoms with Crippen LogP contribution in [0.3, 0.4) is 0 Å². The van der Waals surface area contributed by atoms with Gasteiger partial charge < -0.3 is 4.57 Å². The van der Waals surface area contributed by atoms with E-state index in [9.17, 15) is 4.39 Å². The molecule has 0 fully saturated rings. The minimum absolute atomic E-state index is 0.0894. The van der Waals surface area contributed by atoms with E-state index in [0.29, 0.717) is 3.70 Å². The standard InChI is InChI=1S/C7H10FIN2/c1-7(2,3)11-4-10-5(8)6(11)9/h4H,1-3H3. The highest BCUT2D eigenvalue weighted by Crippen LogP contribution is 2.19. The average molecular weight is 268 g/mol. The minimum Gasteiger partial charge on any atom is -0.318 e. The van der Waals surface area contributed by atoms with Crippen LogP contribution < -0.4 is 0 Å². The Hall–Kier alpha value is -0.130. The number of rotatable bonds is 0. The first-order chi connectivity index (χ1) is 4.93. The quantitative estimate of drug-likeness (QED) is 0.660. The Bertz CT molecular complexity index is 262. The molecule has 0 N–H and O–H groups in total. The van der Waals surface area contributed by atoms with E-state index in [0.717, 1.165) is 0 Å². The van der Waals surface area contributed by atoms with Gasteiger partial charge in [0.2, 0.25) is 5.95 Å². The lowest BCUT2D eigenvalue weighted by Crippen LogP contribution is -2.22. The summed E-state index contributed by atoms with van der Waals surface area (Å²) in [7, 11) is 0. The molecule has 62 valence electrons. The van der Waals surface area contributed by atoms with E-state index in [-0.39, 0.29) is 11.5 Å². The molecule has 0 amide bonds. The van der Waals surface area contributed by atoms with Gasteiger partial charge in [-0.2, -0.15) is 4.39 Å². The number of hydrogen-bond donors (Lipinski definition) is 0. The van der Waals surface area contributed by atoms with Crippen LogP contribution in [-0.2, 0) is 5.54 Å². The fourth-order valence-corrected chi connectivity index (χ4v) is 1.77. The van der Waals surface area contributed by atoms with Gasteiger partial charge in [0.25, 0.3) is 0 Å². The Balaban J connectivity index is 3.15. The van der Waals surface area contributed by atoms with Crippen molar-refractivity contribution in [3.05, 3.63) is 16.0 Å². The molecule has 0 aromatic carbocycles. The third-order valence-electron chi connectivity index (χ3n) is 1.39. The lowest BCUT2D eigenvalue weighted by Gasteiger charge is -2.21. The first-order valence-corrected chi connectivity index (χ1v) is 4.39. The van der Waals surface area contributed by atoms with E-state index in [2.05, 4.69) is 4.98 Å². The fraction of sp³-hybridized carbons (Fsp3) is 0.571. The van der Waals surface area contributed by atoms with Crippen molar-refractivity contribution in [1.82, 2.24) is 9.55 Å². The van der Waals surface area contributed by atoms with Crippen LogP contribution in [0, 0.1) is 9.65 Å². The van der Waals surface area contributed by atoms with E-state index in [1.54, 1.807) is 0 Å². The van der Waals surface area contributed by atoms with Crippen LogP contribution in [0.5, 0.6) is 0 Å². The molecule has 0 spiro atoms. The third-order valence-corrected chi connectivity index (χ3v) is 2.36. The summed E-state index contributed by atoms with van der Waals surface area (Å²) in [5.41, 5.74) is -0.0894. The Labute approximate surface area is 79.0 Å². The monoisotopic (exact) mass is 268 g/mol. The van der Waals surface area contributed by atoms with Crippen molar-refractivity contribution in [3.8, 4) is 0 Å². The van der Waals surface area contributed by atoms with Crippen LogP contribution >= 0.6 is 22.6 Å². The summed E-state index contributed by atoms with van der Waals surface area (Å²) in [6.07, 6.45) is 1.52. The molecule has 4 heteroatoms. The summed E-state index contributed by atoms with van der Waals surface area (Å²) >= 11 is 1.95. The zero-order chi connectivity index (χ0) is 8.65. The molecular formula is C7H10FIN2. The van der Waals surface area contributed by atoms with E-state index in [1.165, 1.54) is 6.33 Å². The highest BCUT2D eigenvalue weighted by Gasteiger charge is 2.18. The zero-order valence-corrected chi connectivity index (χ0v) is 8.89. The van der Waals surface area contributed by atoms with E-state index in [1.807, 2.05) is 47.9 Å². The van der Waals surface area contributed by atoms with Crippen molar-refractivity contribution in [3.63, 3.8) is 0 Å². The van der Waals surface area contributed by atoms with Gasteiger partial charge in [0.05, 0.1) is 6.33 Å². The Kier molecular flexibility index (Phi) is 2.22. The van der Waals surface area contributed by atoms with Crippen LogP contribution in [-0.4, -0.2) is 9.55 Å². The molecule has 0 bridgehead atoms. The second-order valence-electron chi connectivity index (χ2n) is 3.37. The van der Waals surface area contributed by atoms with Crippen LogP contribution in [0.4, 0.5) is 4.39 Å². The number of halogens is 2. The summed E-state index contributed by atoms with van der Waals surface area (Å²) in [4.78, 5) is 3.57. The molecule has 0 aliphatic rings. The molecule has 0 saturated carbocycles. The molecule has 2 nitrogen and oxygen atoms in total. The molecule has 1 rings (SSSR count). The van der Waals surface area contributed by atoms with Crippen molar-refractivity contribution in [2.45, 2.75) is 26.3 Å². The maximum atomic E-state index is 12.7. The molecule has 0 aliphatic heterocycles. The van der Waals surface area contributed by atoms with Crippen LogP contribution in [0.2, 0.25) is 0 Å². The van der Waals surface area contributed by atoms with Crippen LogP contribution in [0.1, 0.15) is 20.8 Å². The van der Waals surface area contributed by atoms with Crippen molar-refractivity contribution in [2.24, 2.45) is 0 Å². The second-order valence-corrected chi connectivity index (χ2v) is 4.39. The zero-order valence-electron chi connectivity index (χ0n) is 6.73. The first kappa shape index (κ1) is 8.96. The van der Waals surface area contributed by atoms with Crippen LogP contribution in [0.25, 0.3) is 0 Å². The molecule has 0 radical (unpaired) electrons. The van der Waals surface area contributed by atoms with Gasteiger partial charge in [0.1, 0.15) is 3.70 Å². The molecule has 0 aliphatic carbocycles. The number of aromatic nitrogens is 2. The summed E-state index contributed by atoms with van der Waals surface area (Å²) in [5.74, 6) is -0.388. The number of nitrogens with zero attached hydrogens (tertiary/aromatic N) is 2. The van der Waals surface area contributed by atoms with Crippen LogP contribution in [0.15, 0.2) is 6.33 Å². The van der Waals surface area contributed by atoms with Gasteiger partial charge in [-0.05, 0) is 43.4 Å². The molecule has 1 heterocycles. The van der Waals surface area contributed by atoms with E-state index in [4.69, 9.17) is 0 Å². The molecule has 0 unspecified atom stereocenters. The predicted molar refractivity (Wildman–Crippen MR) is 49.9 cm³/mol. The Morgan fingerprint density at radius 2 is 2.09 bits per heavy atom. The van der Waals surface area contributed by atoms with Gasteiger partial charge in [-0.3, -0.25) is 0 Å². The normalized spacial score (nSPS) is 12.1. The third kappa shape index (κ3) is 1.72. The van der Waals surface area contributed by atoms with E-state index >= 15 is 0 Å². The SMILES string of the molecule is CC(C)(C)n1cnc(F)c1I. The first-order valence-electron chi connectivity index (χ1n) is 3.32. The van der Waals surface area contributed by atoms with E-state index < -0.39 is 0 Å². The number of hydrogen-bond acceptors (Lipinski definition) is 1.